The molecule has 0 saturated heterocycles. The van der Waals surface area contributed by atoms with Gasteiger partial charge in [0.2, 0.25) is 0 Å². The summed E-state index contributed by atoms with van der Waals surface area (Å²) in [6, 6.07) is 7.63. The van der Waals surface area contributed by atoms with Crippen molar-refractivity contribution in [2.75, 3.05) is 5.32 Å². The number of amides is 1. The lowest BCUT2D eigenvalue weighted by atomic mass is 10.2. The van der Waals surface area contributed by atoms with Gasteiger partial charge in [0.15, 0.2) is 0 Å². The summed E-state index contributed by atoms with van der Waals surface area (Å²) in [5, 5.41) is 8.38. The van der Waals surface area contributed by atoms with Gasteiger partial charge in [0.1, 0.15) is 10.7 Å². The first-order valence-corrected chi connectivity index (χ1v) is 7.72. The van der Waals surface area contributed by atoms with Crippen LogP contribution in [0.3, 0.4) is 0 Å². The van der Waals surface area contributed by atoms with E-state index in [1.807, 2.05) is 36.6 Å². The van der Waals surface area contributed by atoms with E-state index in [1.54, 1.807) is 22.9 Å². The van der Waals surface area contributed by atoms with Gasteiger partial charge in [0.05, 0.1) is 5.01 Å². The lowest BCUT2D eigenvalue weighted by Crippen LogP contribution is -2.12. The Hall–Kier alpha value is -2.05. The molecule has 0 atom stereocenters. The van der Waals surface area contributed by atoms with E-state index in [0.29, 0.717) is 5.69 Å². The molecule has 0 fully saturated rings. The summed E-state index contributed by atoms with van der Waals surface area (Å²) in [5.41, 5.74) is 2.25. The van der Waals surface area contributed by atoms with Crippen LogP contribution in [-0.4, -0.2) is 15.9 Å². The number of nitrogens with one attached hydrogen (secondary N) is 1. The lowest BCUT2D eigenvalue weighted by molar-refractivity contribution is 0.102. The van der Waals surface area contributed by atoms with E-state index < -0.39 is 0 Å². The zero-order chi connectivity index (χ0) is 13.9. The standard InChI is InChI=1S/C14H11N3OS2/c1-9-16-12(8-20-9)13(18)17-11-4-2-10(3-5-11)14-15-6-7-19-14/h2-8H,1H3,(H,17,18). The maximum absolute atomic E-state index is 12.0. The molecule has 0 spiro atoms. The Morgan fingerprint density at radius 3 is 2.60 bits per heavy atom. The quantitative estimate of drug-likeness (QED) is 0.800. The summed E-state index contributed by atoms with van der Waals surface area (Å²) >= 11 is 3.05. The van der Waals surface area contributed by atoms with Crippen molar-refractivity contribution in [1.29, 1.82) is 0 Å². The highest BCUT2D eigenvalue weighted by atomic mass is 32.1. The third kappa shape index (κ3) is 2.76. The van der Waals surface area contributed by atoms with Crippen LogP contribution < -0.4 is 5.32 Å². The minimum Gasteiger partial charge on any atom is -0.321 e. The number of hydrogen-bond donors (Lipinski definition) is 1. The van der Waals surface area contributed by atoms with E-state index in [4.69, 9.17) is 0 Å². The molecular formula is C14H11N3OS2. The fraction of sp³-hybridized carbons (Fsp3) is 0.0714. The van der Waals surface area contributed by atoms with Gasteiger partial charge in [-0.2, -0.15) is 0 Å². The van der Waals surface area contributed by atoms with Gasteiger partial charge in [-0.25, -0.2) is 9.97 Å². The highest BCUT2D eigenvalue weighted by molar-refractivity contribution is 7.13. The smallest absolute Gasteiger partial charge is 0.275 e. The van der Waals surface area contributed by atoms with Crippen molar-refractivity contribution in [3.8, 4) is 10.6 Å². The molecule has 0 aliphatic carbocycles. The van der Waals surface area contributed by atoms with Crippen molar-refractivity contribution in [3.63, 3.8) is 0 Å². The number of aromatic nitrogens is 2. The first-order valence-electron chi connectivity index (χ1n) is 5.96. The van der Waals surface area contributed by atoms with Crippen LogP contribution in [0, 0.1) is 6.92 Å². The minimum absolute atomic E-state index is 0.184. The predicted octanol–water partition coefficient (Wildman–Crippen LogP) is 3.83. The number of hydrogen-bond acceptors (Lipinski definition) is 5. The molecule has 1 amide bonds. The highest BCUT2D eigenvalue weighted by Gasteiger charge is 2.09. The molecule has 0 bridgehead atoms. The van der Waals surface area contributed by atoms with Crippen LogP contribution in [0.1, 0.15) is 15.5 Å². The maximum Gasteiger partial charge on any atom is 0.275 e. The van der Waals surface area contributed by atoms with Gasteiger partial charge in [0, 0.05) is 28.2 Å². The monoisotopic (exact) mass is 301 g/mol. The number of carbonyl (C=O) groups excluding carboxylic acids is 1. The first kappa shape index (κ1) is 13.0. The Labute approximate surface area is 124 Å². The van der Waals surface area contributed by atoms with Crippen molar-refractivity contribution >= 4 is 34.3 Å². The maximum atomic E-state index is 12.0. The second-order valence-corrected chi connectivity index (χ2v) is 6.08. The van der Waals surface area contributed by atoms with E-state index in [9.17, 15) is 4.79 Å². The van der Waals surface area contributed by atoms with Crippen LogP contribution in [0.15, 0.2) is 41.2 Å². The molecule has 0 aliphatic rings. The topological polar surface area (TPSA) is 54.9 Å². The zero-order valence-electron chi connectivity index (χ0n) is 10.7. The van der Waals surface area contributed by atoms with Crippen molar-refractivity contribution in [1.82, 2.24) is 9.97 Å². The van der Waals surface area contributed by atoms with Gasteiger partial charge in [-0.05, 0) is 31.2 Å². The van der Waals surface area contributed by atoms with Gasteiger partial charge >= 0.3 is 0 Å². The van der Waals surface area contributed by atoms with Gasteiger partial charge in [0.25, 0.3) is 5.91 Å². The zero-order valence-corrected chi connectivity index (χ0v) is 12.3. The van der Waals surface area contributed by atoms with Crippen molar-refractivity contribution < 1.29 is 4.79 Å². The summed E-state index contributed by atoms with van der Waals surface area (Å²) in [5.74, 6) is -0.184. The van der Waals surface area contributed by atoms with Crippen LogP contribution in [0.25, 0.3) is 10.6 Å². The molecule has 0 unspecified atom stereocenters. The molecule has 2 heterocycles. The molecule has 3 aromatic rings. The average Bonchev–Trinajstić information content (AvgIpc) is 3.10. The Bertz CT molecular complexity index is 717. The van der Waals surface area contributed by atoms with E-state index >= 15 is 0 Å². The molecule has 100 valence electrons. The van der Waals surface area contributed by atoms with Crippen molar-refractivity contribution in [3.05, 3.63) is 51.9 Å². The van der Waals surface area contributed by atoms with Crippen molar-refractivity contribution in [2.24, 2.45) is 0 Å². The number of benzene rings is 1. The van der Waals surface area contributed by atoms with E-state index in [0.717, 1.165) is 21.3 Å². The van der Waals surface area contributed by atoms with Crippen LogP contribution in [0.5, 0.6) is 0 Å². The fourth-order valence-corrected chi connectivity index (χ4v) is 2.96. The second-order valence-electron chi connectivity index (χ2n) is 4.12. The first-order chi connectivity index (χ1) is 9.72. The Morgan fingerprint density at radius 2 is 2.00 bits per heavy atom. The van der Waals surface area contributed by atoms with Gasteiger partial charge in [-0.3, -0.25) is 4.79 Å². The molecule has 0 saturated carbocycles. The molecule has 3 rings (SSSR count). The number of anilines is 1. The minimum atomic E-state index is -0.184. The molecule has 2 aromatic heterocycles. The fourth-order valence-electron chi connectivity index (χ4n) is 1.72. The molecule has 1 aromatic carbocycles. The van der Waals surface area contributed by atoms with Gasteiger partial charge in [-0.1, -0.05) is 0 Å². The lowest BCUT2D eigenvalue weighted by Gasteiger charge is -2.04. The van der Waals surface area contributed by atoms with Crippen LogP contribution >= 0.6 is 22.7 Å². The number of aryl methyl sites for hydroxylation is 1. The molecule has 20 heavy (non-hydrogen) atoms. The van der Waals surface area contributed by atoms with Gasteiger partial charge < -0.3 is 5.32 Å². The predicted molar refractivity (Wildman–Crippen MR) is 82.4 cm³/mol. The Morgan fingerprint density at radius 1 is 1.20 bits per heavy atom. The molecule has 0 aliphatic heterocycles. The average molecular weight is 301 g/mol. The van der Waals surface area contributed by atoms with E-state index in [-0.39, 0.29) is 5.91 Å². The third-order valence-electron chi connectivity index (χ3n) is 2.67. The largest absolute Gasteiger partial charge is 0.321 e. The van der Waals surface area contributed by atoms with Crippen LogP contribution in [-0.2, 0) is 0 Å². The molecular weight excluding hydrogens is 290 g/mol. The molecule has 4 nitrogen and oxygen atoms in total. The Kier molecular flexibility index (Phi) is 3.58. The summed E-state index contributed by atoms with van der Waals surface area (Å²) < 4.78 is 0. The SMILES string of the molecule is Cc1nc(C(=O)Nc2ccc(-c3nccs3)cc2)cs1. The number of thiazole rings is 2. The summed E-state index contributed by atoms with van der Waals surface area (Å²) in [4.78, 5) is 20.4. The number of carbonyl (C=O) groups is 1. The molecule has 6 heteroatoms. The van der Waals surface area contributed by atoms with E-state index in [2.05, 4.69) is 15.3 Å². The highest BCUT2D eigenvalue weighted by Crippen LogP contribution is 2.23. The van der Waals surface area contributed by atoms with Crippen LogP contribution in [0.2, 0.25) is 0 Å². The number of rotatable bonds is 3. The molecule has 0 radical (unpaired) electrons. The van der Waals surface area contributed by atoms with E-state index in [1.165, 1.54) is 11.3 Å². The van der Waals surface area contributed by atoms with Gasteiger partial charge in [-0.15, -0.1) is 22.7 Å². The summed E-state index contributed by atoms with van der Waals surface area (Å²) in [6.07, 6.45) is 1.78. The Balaban J connectivity index is 1.74. The normalized spacial score (nSPS) is 10.4. The van der Waals surface area contributed by atoms with Crippen LogP contribution in [0.4, 0.5) is 5.69 Å². The number of nitrogens with zero attached hydrogens (tertiary/aromatic N) is 2. The third-order valence-corrected chi connectivity index (χ3v) is 4.27. The summed E-state index contributed by atoms with van der Waals surface area (Å²) in [6.45, 7) is 1.88. The summed E-state index contributed by atoms with van der Waals surface area (Å²) in [7, 11) is 0. The second kappa shape index (κ2) is 5.52. The molecule has 1 N–H and O–H groups in total. The van der Waals surface area contributed by atoms with Crippen molar-refractivity contribution in [2.45, 2.75) is 6.92 Å².